The third-order valence-corrected chi connectivity index (χ3v) is 5.97. The molecule has 0 aliphatic carbocycles. The van der Waals surface area contributed by atoms with Crippen LogP contribution < -0.4 is 0 Å². The van der Waals surface area contributed by atoms with E-state index in [0.717, 1.165) is 0 Å². The topological polar surface area (TPSA) is 46.2 Å². The smallest absolute Gasteiger partial charge is 0.161 e. The minimum atomic E-state index is -0.226. The predicted octanol–water partition coefficient (Wildman–Crippen LogP) is 3.70. The zero-order valence-corrected chi connectivity index (χ0v) is 15.8. The lowest BCUT2D eigenvalue weighted by atomic mass is 9.83. The zero-order valence-electron chi connectivity index (χ0n) is 15.8. The molecule has 5 nitrogen and oxygen atoms in total. The summed E-state index contributed by atoms with van der Waals surface area (Å²) in [6, 6.07) is 0. The van der Waals surface area contributed by atoms with Crippen molar-refractivity contribution >= 4 is 0 Å². The molecule has 144 valence electrons. The second-order valence-corrected chi connectivity index (χ2v) is 7.39. The van der Waals surface area contributed by atoms with Crippen molar-refractivity contribution in [2.75, 3.05) is 14.2 Å². The van der Waals surface area contributed by atoms with Crippen molar-refractivity contribution in [3.8, 4) is 0 Å². The van der Waals surface area contributed by atoms with E-state index >= 15 is 0 Å². The van der Waals surface area contributed by atoms with Crippen LogP contribution in [0.25, 0.3) is 0 Å². The molecule has 0 N–H and O–H groups in total. The van der Waals surface area contributed by atoms with Gasteiger partial charge >= 0.3 is 0 Å². The molecule has 2 fully saturated rings. The van der Waals surface area contributed by atoms with Crippen molar-refractivity contribution in [2.24, 2.45) is 23.7 Å². The second kappa shape index (κ2) is 8.95. The van der Waals surface area contributed by atoms with E-state index in [-0.39, 0.29) is 56.3 Å². The molecular weight excluding hydrogens is 308 g/mol. The van der Waals surface area contributed by atoms with E-state index in [0.29, 0.717) is 11.8 Å². The lowest BCUT2D eigenvalue weighted by Gasteiger charge is -2.48. The number of hydrogen-bond donors (Lipinski definition) is 0. The Bertz CT molecular complexity index is 377. The van der Waals surface area contributed by atoms with Crippen LogP contribution in [0.4, 0.5) is 0 Å². The van der Waals surface area contributed by atoms with Crippen LogP contribution in [0.3, 0.4) is 0 Å². The molecule has 10 atom stereocenters. The van der Waals surface area contributed by atoms with Gasteiger partial charge in [0.1, 0.15) is 0 Å². The average molecular weight is 347 g/mol. The molecule has 0 saturated carbocycles. The van der Waals surface area contributed by atoms with Gasteiger partial charge in [0.25, 0.3) is 0 Å². The van der Waals surface area contributed by atoms with E-state index in [2.05, 4.69) is 41.5 Å². The van der Waals surface area contributed by atoms with Gasteiger partial charge in [0.15, 0.2) is 12.6 Å². The first-order valence-electron chi connectivity index (χ1n) is 8.83. The van der Waals surface area contributed by atoms with Crippen molar-refractivity contribution in [1.29, 1.82) is 0 Å². The van der Waals surface area contributed by atoms with Gasteiger partial charge in [-0.2, -0.15) is 0 Å². The van der Waals surface area contributed by atoms with Crippen LogP contribution in [0.15, 0.2) is 0 Å². The van der Waals surface area contributed by atoms with Gasteiger partial charge in [-0.25, -0.2) is 0 Å². The van der Waals surface area contributed by atoms with E-state index in [9.17, 15) is 0 Å². The lowest BCUT2D eigenvalue weighted by Crippen LogP contribution is -2.55. The molecule has 2 rings (SSSR count). The molecule has 0 bridgehead atoms. The summed E-state index contributed by atoms with van der Waals surface area (Å²) in [6.45, 7) is 12.9. The Balaban J connectivity index is 0.00000288. The van der Waals surface area contributed by atoms with Crippen LogP contribution >= 0.6 is 0 Å². The normalized spacial score (nSPS) is 49.5. The summed E-state index contributed by atoms with van der Waals surface area (Å²) in [5, 5.41) is 0. The summed E-state index contributed by atoms with van der Waals surface area (Å²) in [6.07, 6.45) is -0.277. The van der Waals surface area contributed by atoms with E-state index in [1.807, 2.05) is 0 Å². The maximum Gasteiger partial charge on any atom is 0.161 e. The molecular formula is C19H38O5. The van der Waals surface area contributed by atoms with Gasteiger partial charge in [-0.3, -0.25) is 0 Å². The predicted molar refractivity (Wildman–Crippen MR) is 94.7 cm³/mol. The Morgan fingerprint density at radius 1 is 0.583 bits per heavy atom. The fourth-order valence-corrected chi connectivity index (χ4v) is 4.00. The zero-order chi connectivity index (χ0) is 17.3. The maximum absolute atomic E-state index is 6.41. The summed E-state index contributed by atoms with van der Waals surface area (Å²) >= 11 is 0. The maximum atomic E-state index is 6.41. The van der Waals surface area contributed by atoms with Crippen molar-refractivity contribution in [3.63, 3.8) is 0 Å². The van der Waals surface area contributed by atoms with E-state index < -0.39 is 0 Å². The van der Waals surface area contributed by atoms with E-state index in [1.54, 1.807) is 14.2 Å². The third-order valence-electron chi connectivity index (χ3n) is 5.97. The molecule has 0 aromatic rings. The third kappa shape index (κ3) is 4.13. The van der Waals surface area contributed by atoms with Crippen LogP contribution in [-0.4, -0.2) is 51.2 Å². The number of methoxy groups -OCH3 is 2. The van der Waals surface area contributed by atoms with Crippen molar-refractivity contribution in [3.05, 3.63) is 0 Å². The van der Waals surface area contributed by atoms with E-state index in [1.165, 1.54) is 0 Å². The SMILES string of the molecule is C.COC1OC(C)C(OC2OC(C)C(OC)C(C)C2C)C(C)C1C. The highest BCUT2D eigenvalue weighted by atomic mass is 16.7. The molecule has 2 aliphatic heterocycles. The van der Waals surface area contributed by atoms with Crippen LogP contribution in [0.2, 0.25) is 0 Å². The lowest BCUT2D eigenvalue weighted by molar-refractivity contribution is -0.322. The molecule has 0 spiro atoms. The highest BCUT2D eigenvalue weighted by Gasteiger charge is 2.45. The Morgan fingerprint density at radius 2 is 1.04 bits per heavy atom. The van der Waals surface area contributed by atoms with Crippen molar-refractivity contribution < 1.29 is 23.7 Å². The first kappa shape index (κ1) is 21.8. The Morgan fingerprint density at radius 3 is 1.58 bits per heavy atom. The van der Waals surface area contributed by atoms with Crippen LogP contribution in [0, 0.1) is 23.7 Å². The van der Waals surface area contributed by atoms with Crippen LogP contribution in [-0.2, 0) is 23.7 Å². The van der Waals surface area contributed by atoms with Gasteiger partial charge in [-0.1, -0.05) is 35.1 Å². The summed E-state index contributed by atoms with van der Waals surface area (Å²) in [7, 11) is 3.45. The fraction of sp³-hybridized carbons (Fsp3) is 1.00. The fourth-order valence-electron chi connectivity index (χ4n) is 4.00. The Kier molecular flexibility index (Phi) is 8.14. The highest BCUT2D eigenvalue weighted by Crippen LogP contribution is 2.38. The van der Waals surface area contributed by atoms with Gasteiger partial charge in [0.2, 0.25) is 0 Å². The first-order valence-corrected chi connectivity index (χ1v) is 8.83. The summed E-state index contributed by atoms with van der Waals surface area (Å²) < 4.78 is 29.5. The quantitative estimate of drug-likeness (QED) is 0.777. The summed E-state index contributed by atoms with van der Waals surface area (Å²) in [5.41, 5.74) is 0. The Hall–Kier alpha value is -0.200. The summed E-state index contributed by atoms with van der Waals surface area (Å²) in [4.78, 5) is 0. The van der Waals surface area contributed by atoms with Gasteiger partial charge in [-0.05, 0) is 25.7 Å². The standard InChI is InChI=1S/C18H34O5.CH4/c1-9-12(4)18(22-13(5)15(9)19-7)23-16-10(2)11(3)17(20-8)21-14(16)6;/h9-18H,1-8H3;1H4. The first-order chi connectivity index (χ1) is 10.8. The number of hydrogen-bond acceptors (Lipinski definition) is 5. The molecule has 5 heteroatoms. The van der Waals surface area contributed by atoms with Crippen molar-refractivity contribution in [1.82, 2.24) is 0 Å². The van der Waals surface area contributed by atoms with Gasteiger partial charge in [-0.15, -0.1) is 0 Å². The summed E-state index contributed by atoms with van der Waals surface area (Å²) in [5.74, 6) is 1.27. The molecule has 2 saturated heterocycles. The minimum absolute atomic E-state index is 0. The highest BCUT2D eigenvalue weighted by molar-refractivity contribution is 4.88. The van der Waals surface area contributed by atoms with E-state index in [4.69, 9.17) is 23.7 Å². The monoisotopic (exact) mass is 346 g/mol. The molecule has 24 heavy (non-hydrogen) atoms. The molecule has 10 unspecified atom stereocenters. The van der Waals surface area contributed by atoms with Crippen LogP contribution in [0.1, 0.15) is 49.0 Å². The number of rotatable bonds is 4. The molecule has 0 amide bonds. The van der Waals surface area contributed by atoms with Crippen LogP contribution in [0.5, 0.6) is 0 Å². The largest absolute Gasteiger partial charge is 0.378 e. The Labute approximate surface area is 148 Å². The second-order valence-electron chi connectivity index (χ2n) is 7.39. The van der Waals surface area contributed by atoms with Gasteiger partial charge in [0.05, 0.1) is 24.4 Å². The molecule has 0 radical (unpaired) electrons. The van der Waals surface area contributed by atoms with Gasteiger partial charge in [0, 0.05) is 26.1 Å². The molecule has 2 heterocycles. The molecule has 2 aliphatic rings. The minimum Gasteiger partial charge on any atom is -0.378 e. The average Bonchev–Trinajstić information content (AvgIpc) is 2.52. The van der Waals surface area contributed by atoms with Crippen molar-refractivity contribution in [2.45, 2.75) is 86.0 Å². The van der Waals surface area contributed by atoms with Gasteiger partial charge < -0.3 is 23.7 Å². The molecule has 0 aromatic carbocycles. The number of ether oxygens (including phenoxy) is 5. The molecule has 0 aromatic heterocycles.